The lowest BCUT2D eigenvalue weighted by molar-refractivity contribution is -0.385. The van der Waals surface area contributed by atoms with Crippen molar-refractivity contribution in [2.24, 2.45) is 12.8 Å². The van der Waals surface area contributed by atoms with Gasteiger partial charge in [0.05, 0.1) is 16.2 Å². The summed E-state index contributed by atoms with van der Waals surface area (Å²) in [6.07, 6.45) is 0. The Kier molecular flexibility index (Phi) is 3.48. The number of rotatable bonds is 4. The molecular formula is C12H14N4O3. The van der Waals surface area contributed by atoms with E-state index in [0.29, 0.717) is 5.88 Å². The van der Waals surface area contributed by atoms with Crippen LogP contribution in [-0.4, -0.2) is 14.7 Å². The Hall–Kier alpha value is -2.41. The maximum atomic E-state index is 10.9. The molecule has 0 aliphatic heterocycles. The number of benzene rings is 1. The number of aromatic nitrogens is 2. The minimum atomic E-state index is -0.485. The van der Waals surface area contributed by atoms with Gasteiger partial charge in [0.25, 0.3) is 0 Å². The normalized spacial score (nSPS) is 10.5. The SMILES string of the molecule is Cc1nn(C)c(Oc2ccccc2[N+](=O)[O-])c1CN. The van der Waals surface area contributed by atoms with Crippen LogP contribution < -0.4 is 10.5 Å². The van der Waals surface area contributed by atoms with Crippen molar-refractivity contribution in [3.63, 3.8) is 0 Å². The summed E-state index contributed by atoms with van der Waals surface area (Å²) in [5.41, 5.74) is 7.04. The van der Waals surface area contributed by atoms with Gasteiger partial charge in [0.2, 0.25) is 11.6 Å². The lowest BCUT2D eigenvalue weighted by Gasteiger charge is -2.08. The third kappa shape index (κ3) is 2.41. The summed E-state index contributed by atoms with van der Waals surface area (Å²) in [6, 6.07) is 6.19. The number of nitro groups is 1. The molecule has 1 heterocycles. The molecular weight excluding hydrogens is 248 g/mol. The summed E-state index contributed by atoms with van der Waals surface area (Å²) in [5, 5.41) is 15.1. The fourth-order valence-corrected chi connectivity index (χ4v) is 1.84. The zero-order valence-electron chi connectivity index (χ0n) is 10.7. The summed E-state index contributed by atoms with van der Waals surface area (Å²) in [5.74, 6) is 0.597. The third-order valence-electron chi connectivity index (χ3n) is 2.76. The lowest BCUT2D eigenvalue weighted by atomic mass is 10.2. The lowest BCUT2D eigenvalue weighted by Crippen LogP contribution is -2.02. The fourth-order valence-electron chi connectivity index (χ4n) is 1.84. The zero-order chi connectivity index (χ0) is 14.0. The van der Waals surface area contributed by atoms with Crippen molar-refractivity contribution in [3.8, 4) is 11.6 Å². The Morgan fingerprint density at radius 3 is 2.79 bits per heavy atom. The molecule has 19 heavy (non-hydrogen) atoms. The summed E-state index contributed by atoms with van der Waals surface area (Å²) < 4.78 is 7.15. The van der Waals surface area contributed by atoms with Crippen molar-refractivity contribution in [2.45, 2.75) is 13.5 Å². The first-order valence-electron chi connectivity index (χ1n) is 5.68. The van der Waals surface area contributed by atoms with Gasteiger partial charge >= 0.3 is 5.69 Å². The second-order valence-electron chi connectivity index (χ2n) is 4.02. The third-order valence-corrected chi connectivity index (χ3v) is 2.76. The molecule has 2 N–H and O–H groups in total. The quantitative estimate of drug-likeness (QED) is 0.670. The van der Waals surface area contributed by atoms with Crippen LogP contribution >= 0.6 is 0 Å². The van der Waals surface area contributed by atoms with Crippen LogP contribution in [0.25, 0.3) is 0 Å². The van der Waals surface area contributed by atoms with Gasteiger partial charge in [0.1, 0.15) is 0 Å². The number of ether oxygens (including phenoxy) is 1. The first-order valence-corrected chi connectivity index (χ1v) is 5.68. The van der Waals surface area contributed by atoms with Crippen molar-refractivity contribution in [1.82, 2.24) is 9.78 Å². The van der Waals surface area contributed by atoms with Crippen LogP contribution in [0, 0.1) is 17.0 Å². The average Bonchev–Trinajstić information content (AvgIpc) is 2.64. The van der Waals surface area contributed by atoms with Gasteiger partial charge in [-0.15, -0.1) is 0 Å². The van der Waals surface area contributed by atoms with Crippen molar-refractivity contribution >= 4 is 5.69 Å². The molecule has 2 rings (SSSR count). The van der Waals surface area contributed by atoms with E-state index in [1.807, 2.05) is 6.92 Å². The smallest absolute Gasteiger partial charge is 0.311 e. The molecule has 100 valence electrons. The highest BCUT2D eigenvalue weighted by Gasteiger charge is 2.19. The zero-order valence-corrected chi connectivity index (χ0v) is 10.7. The Morgan fingerprint density at radius 1 is 1.47 bits per heavy atom. The first-order chi connectivity index (χ1) is 9.04. The number of nitrogens with zero attached hydrogens (tertiary/aromatic N) is 3. The Labute approximate surface area is 109 Å². The molecule has 2 aromatic rings. The van der Waals surface area contributed by atoms with E-state index < -0.39 is 4.92 Å². The first kappa shape index (κ1) is 13.0. The maximum Gasteiger partial charge on any atom is 0.311 e. The topological polar surface area (TPSA) is 96.2 Å². The minimum absolute atomic E-state index is 0.0932. The highest BCUT2D eigenvalue weighted by molar-refractivity contribution is 5.48. The van der Waals surface area contributed by atoms with E-state index in [9.17, 15) is 10.1 Å². The fraction of sp³-hybridized carbons (Fsp3) is 0.250. The van der Waals surface area contributed by atoms with Crippen molar-refractivity contribution in [2.75, 3.05) is 0 Å². The number of nitro benzene ring substituents is 1. The highest BCUT2D eigenvalue weighted by atomic mass is 16.6. The van der Waals surface area contributed by atoms with Gasteiger partial charge in [-0.25, -0.2) is 4.68 Å². The summed E-state index contributed by atoms with van der Waals surface area (Å²) in [4.78, 5) is 10.4. The molecule has 0 amide bonds. The van der Waals surface area contributed by atoms with Crippen LogP contribution in [0.5, 0.6) is 11.6 Å². The van der Waals surface area contributed by atoms with E-state index in [1.54, 1.807) is 25.2 Å². The van der Waals surface area contributed by atoms with E-state index in [-0.39, 0.29) is 18.0 Å². The average molecular weight is 262 g/mol. The molecule has 7 heteroatoms. The van der Waals surface area contributed by atoms with E-state index in [1.165, 1.54) is 10.7 Å². The predicted molar refractivity (Wildman–Crippen MR) is 69.0 cm³/mol. The predicted octanol–water partition coefficient (Wildman–Crippen LogP) is 1.89. The van der Waals surface area contributed by atoms with Crippen LogP contribution in [0.15, 0.2) is 24.3 Å². The number of para-hydroxylation sites is 2. The molecule has 0 aliphatic rings. The van der Waals surface area contributed by atoms with Gasteiger partial charge in [-0.2, -0.15) is 5.10 Å². The molecule has 0 atom stereocenters. The Morgan fingerprint density at radius 2 is 2.16 bits per heavy atom. The minimum Gasteiger partial charge on any atom is -0.432 e. The Balaban J connectivity index is 2.45. The molecule has 0 saturated carbocycles. The molecule has 1 aromatic heterocycles. The summed E-state index contributed by atoms with van der Waals surface area (Å²) >= 11 is 0. The van der Waals surface area contributed by atoms with E-state index in [2.05, 4.69) is 5.10 Å². The van der Waals surface area contributed by atoms with Crippen LogP contribution in [0.2, 0.25) is 0 Å². The Bertz CT molecular complexity index is 621. The van der Waals surface area contributed by atoms with E-state index in [0.717, 1.165) is 11.3 Å². The molecule has 0 saturated heterocycles. The van der Waals surface area contributed by atoms with Gasteiger partial charge in [-0.3, -0.25) is 10.1 Å². The van der Waals surface area contributed by atoms with Gasteiger partial charge in [0.15, 0.2) is 0 Å². The number of hydrogen-bond donors (Lipinski definition) is 1. The van der Waals surface area contributed by atoms with Crippen molar-refractivity contribution < 1.29 is 9.66 Å². The maximum absolute atomic E-state index is 10.9. The molecule has 0 fully saturated rings. The second kappa shape index (κ2) is 5.07. The number of aryl methyl sites for hydroxylation is 2. The largest absolute Gasteiger partial charge is 0.432 e. The molecule has 0 aliphatic carbocycles. The van der Waals surface area contributed by atoms with Gasteiger partial charge in [0, 0.05) is 19.7 Å². The summed E-state index contributed by atoms with van der Waals surface area (Å²) in [7, 11) is 1.70. The van der Waals surface area contributed by atoms with Crippen LogP contribution in [-0.2, 0) is 13.6 Å². The van der Waals surface area contributed by atoms with Crippen LogP contribution in [0.1, 0.15) is 11.3 Å². The van der Waals surface area contributed by atoms with Crippen molar-refractivity contribution in [1.29, 1.82) is 0 Å². The van der Waals surface area contributed by atoms with E-state index in [4.69, 9.17) is 10.5 Å². The molecule has 0 spiro atoms. The van der Waals surface area contributed by atoms with Gasteiger partial charge < -0.3 is 10.5 Å². The van der Waals surface area contributed by atoms with E-state index >= 15 is 0 Å². The molecule has 0 unspecified atom stereocenters. The standard InChI is InChI=1S/C12H14N4O3/c1-8-9(7-13)12(15(2)14-8)19-11-6-4-3-5-10(11)16(17)18/h3-6H,7,13H2,1-2H3. The molecule has 0 radical (unpaired) electrons. The van der Waals surface area contributed by atoms with Crippen LogP contribution in [0.4, 0.5) is 5.69 Å². The van der Waals surface area contributed by atoms with Crippen molar-refractivity contribution in [3.05, 3.63) is 45.6 Å². The van der Waals surface area contributed by atoms with Crippen LogP contribution in [0.3, 0.4) is 0 Å². The van der Waals surface area contributed by atoms with Gasteiger partial charge in [-0.05, 0) is 13.0 Å². The monoisotopic (exact) mass is 262 g/mol. The molecule has 7 nitrogen and oxygen atoms in total. The molecule has 1 aromatic carbocycles. The highest BCUT2D eigenvalue weighted by Crippen LogP contribution is 2.33. The molecule has 0 bridgehead atoms. The number of hydrogen-bond acceptors (Lipinski definition) is 5. The number of nitrogens with two attached hydrogens (primary N) is 1. The summed E-state index contributed by atoms with van der Waals surface area (Å²) in [6.45, 7) is 2.07. The van der Waals surface area contributed by atoms with Gasteiger partial charge in [-0.1, -0.05) is 12.1 Å². The second-order valence-corrected chi connectivity index (χ2v) is 4.02.